The van der Waals surface area contributed by atoms with E-state index in [-0.39, 0.29) is 18.3 Å². The van der Waals surface area contributed by atoms with Gasteiger partial charge in [0.05, 0.1) is 23.2 Å². The summed E-state index contributed by atoms with van der Waals surface area (Å²) in [5, 5.41) is 8.99. The molecule has 7 nitrogen and oxygen atoms in total. The quantitative estimate of drug-likeness (QED) is 0.821. The smallest absolute Gasteiger partial charge is 0.407 e. The van der Waals surface area contributed by atoms with Gasteiger partial charge in [-0.25, -0.2) is 13.2 Å². The van der Waals surface area contributed by atoms with Gasteiger partial charge in [-0.3, -0.25) is 0 Å². The average molecular weight is 397 g/mol. The van der Waals surface area contributed by atoms with Crippen molar-refractivity contribution in [1.82, 2.24) is 4.90 Å². The Kier molecular flexibility index (Phi) is 6.26. The fourth-order valence-corrected chi connectivity index (χ4v) is 4.33. The Morgan fingerprint density at radius 1 is 0.963 bits per heavy atom. The Hall–Kier alpha value is -1.80. The second-order valence-corrected chi connectivity index (χ2v) is 9.38. The molecule has 0 atom stereocenters. The first kappa shape index (κ1) is 19.9. The normalized spacial score (nSPS) is 24.6. The number of ether oxygens (including phenoxy) is 2. The molecule has 1 aliphatic heterocycles. The van der Waals surface area contributed by atoms with E-state index in [1.165, 1.54) is 11.2 Å². The van der Waals surface area contributed by atoms with Crippen molar-refractivity contribution in [3.8, 4) is 5.75 Å². The van der Waals surface area contributed by atoms with Crippen LogP contribution in [-0.2, 0) is 14.6 Å². The molecule has 2 aliphatic rings. The molecule has 0 radical (unpaired) electrons. The lowest BCUT2D eigenvalue weighted by molar-refractivity contribution is -0.0641. The molecule has 0 bridgehead atoms. The largest absolute Gasteiger partial charge is 0.490 e. The minimum atomic E-state index is -3.19. The highest BCUT2D eigenvalue weighted by atomic mass is 32.2. The third-order valence-electron chi connectivity index (χ3n) is 5.27. The number of hydrogen-bond acceptors (Lipinski definition) is 5. The number of carboxylic acid groups (broad SMARTS) is 1. The Morgan fingerprint density at radius 2 is 1.48 bits per heavy atom. The van der Waals surface area contributed by atoms with Gasteiger partial charge in [0.2, 0.25) is 0 Å². The van der Waals surface area contributed by atoms with Crippen LogP contribution in [0.3, 0.4) is 0 Å². The number of rotatable bonds is 5. The molecule has 0 aromatic heterocycles. The lowest BCUT2D eigenvalue weighted by atomic mass is 9.94. The molecule has 1 amide bonds. The second-order valence-electron chi connectivity index (χ2n) is 7.37. The van der Waals surface area contributed by atoms with E-state index in [0.717, 1.165) is 38.5 Å². The first-order chi connectivity index (χ1) is 12.8. The van der Waals surface area contributed by atoms with E-state index < -0.39 is 15.9 Å². The molecule has 8 heteroatoms. The highest BCUT2D eigenvalue weighted by Crippen LogP contribution is 2.28. The molecular weight excluding hydrogens is 370 g/mol. The van der Waals surface area contributed by atoms with Crippen molar-refractivity contribution in [2.45, 2.75) is 61.7 Å². The Labute approximate surface area is 160 Å². The predicted octanol–water partition coefficient (Wildman–Crippen LogP) is 2.94. The van der Waals surface area contributed by atoms with Gasteiger partial charge in [-0.05, 0) is 62.8 Å². The van der Waals surface area contributed by atoms with Crippen LogP contribution in [-0.4, -0.2) is 62.2 Å². The SMILES string of the molecule is CS(=O)(=O)c1ccc(OC2CCC(OC3CCN(C(=O)O)CC3)CC2)cc1. The van der Waals surface area contributed by atoms with Crippen LogP contribution in [0.4, 0.5) is 4.79 Å². The van der Waals surface area contributed by atoms with Crippen LogP contribution in [0.2, 0.25) is 0 Å². The summed E-state index contributed by atoms with van der Waals surface area (Å²) in [4.78, 5) is 12.7. The van der Waals surface area contributed by atoms with Crippen LogP contribution < -0.4 is 4.74 Å². The van der Waals surface area contributed by atoms with Crippen molar-refractivity contribution in [3.63, 3.8) is 0 Å². The molecule has 1 saturated carbocycles. The van der Waals surface area contributed by atoms with Gasteiger partial charge in [0.15, 0.2) is 9.84 Å². The van der Waals surface area contributed by atoms with E-state index in [4.69, 9.17) is 14.6 Å². The number of amides is 1. The number of likely N-dealkylation sites (tertiary alicyclic amines) is 1. The third-order valence-corrected chi connectivity index (χ3v) is 6.40. The average Bonchev–Trinajstić information content (AvgIpc) is 2.63. The number of piperidine rings is 1. The summed E-state index contributed by atoms with van der Waals surface area (Å²) in [6, 6.07) is 6.55. The molecule has 0 spiro atoms. The summed E-state index contributed by atoms with van der Waals surface area (Å²) in [6.07, 6.45) is 5.96. The first-order valence-electron chi connectivity index (χ1n) is 9.41. The number of hydrogen-bond donors (Lipinski definition) is 1. The topological polar surface area (TPSA) is 93.1 Å². The molecule has 3 rings (SSSR count). The van der Waals surface area contributed by atoms with E-state index in [2.05, 4.69) is 0 Å². The van der Waals surface area contributed by atoms with Gasteiger partial charge in [0.25, 0.3) is 0 Å². The van der Waals surface area contributed by atoms with Crippen LogP contribution in [0.15, 0.2) is 29.2 Å². The number of carbonyl (C=O) groups is 1. The molecule has 1 aliphatic carbocycles. The highest BCUT2D eigenvalue weighted by molar-refractivity contribution is 7.90. The third kappa shape index (κ3) is 5.59. The van der Waals surface area contributed by atoms with Gasteiger partial charge >= 0.3 is 6.09 Å². The monoisotopic (exact) mass is 397 g/mol. The van der Waals surface area contributed by atoms with Crippen LogP contribution in [0.5, 0.6) is 5.75 Å². The van der Waals surface area contributed by atoms with E-state index in [9.17, 15) is 13.2 Å². The van der Waals surface area contributed by atoms with Crippen LogP contribution in [0, 0.1) is 0 Å². The highest BCUT2D eigenvalue weighted by Gasteiger charge is 2.28. The standard InChI is InChI=1S/C19H27NO6S/c1-27(23,24)18-8-6-16(7-9-18)25-14-2-4-15(5-3-14)26-17-10-12-20(13-11-17)19(21)22/h6-9,14-15,17H,2-5,10-13H2,1H3,(H,21,22). The minimum Gasteiger partial charge on any atom is -0.490 e. The molecular formula is C19H27NO6S. The zero-order valence-electron chi connectivity index (χ0n) is 15.5. The maximum atomic E-state index is 11.5. The van der Waals surface area contributed by atoms with Gasteiger partial charge < -0.3 is 19.5 Å². The first-order valence-corrected chi connectivity index (χ1v) is 11.3. The van der Waals surface area contributed by atoms with E-state index in [1.807, 2.05) is 0 Å². The Morgan fingerprint density at radius 3 is 2.00 bits per heavy atom. The molecule has 1 saturated heterocycles. The van der Waals surface area contributed by atoms with E-state index in [1.54, 1.807) is 24.3 Å². The maximum absolute atomic E-state index is 11.5. The predicted molar refractivity (Wildman–Crippen MR) is 99.9 cm³/mol. The number of nitrogens with zero attached hydrogens (tertiary/aromatic N) is 1. The van der Waals surface area contributed by atoms with Crippen molar-refractivity contribution >= 4 is 15.9 Å². The fraction of sp³-hybridized carbons (Fsp3) is 0.632. The van der Waals surface area contributed by atoms with Crippen molar-refractivity contribution in [3.05, 3.63) is 24.3 Å². The Balaban J connectivity index is 1.41. The maximum Gasteiger partial charge on any atom is 0.407 e. The number of sulfone groups is 1. The molecule has 2 fully saturated rings. The summed E-state index contributed by atoms with van der Waals surface area (Å²) >= 11 is 0. The summed E-state index contributed by atoms with van der Waals surface area (Å²) in [5.41, 5.74) is 0. The van der Waals surface area contributed by atoms with Crippen molar-refractivity contribution in [2.24, 2.45) is 0 Å². The van der Waals surface area contributed by atoms with Crippen LogP contribution in [0.1, 0.15) is 38.5 Å². The molecule has 150 valence electrons. The van der Waals surface area contributed by atoms with Crippen LogP contribution in [0.25, 0.3) is 0 Å². The summed E-state index contributed by atoms with van der Waals surface area (Å²) in [7, 11) is -3.19. The van der Waals surface area contributed by atoms with Gasteiger partial charge in [0, 0.05) is 19.3 Å². The molecule has 1 aromatic carbocycles. The van der Waals surface area contributed by atoms with E-state index in [0.29, 0.717) is 23.7 Å². The lowest BCUT2D eigenvalue weighted by Crippen LogP contribution is -2.41. The molecule has 1 aromatic rings. The number of benzene rings is 1. The van der Waals surface area contributed by atoms with Crippen LogP contribution >= 0.6 is 0 Å². The molecule has 27 heavy (non-hydrogen) atoms. The van der Waals surface area contributed by atoms with Gasteiger partial charge in [-0.15, -0.1) is 0 Å². The van der Waals surface area contributed by atoms with Gasteiger partial charge in [-0.1, -0.05) is 0 Å². The van der Waals surface area contributed by atoms with Gasteiger partial charge in [-0.2, -0.15) is 0 Å². The summed E-state index contributed by atoms with van der Waals surface area (Å²) in [5.74, 6) is 0.688. The van der Waals surface area contributed by atoms with Gasteiger partial charge in [0.1, 0.15) is 5.75 Å². The summed E-state index contributed by atoms with van der Waals surface area (Å²) in [6.45, 7) is 1.09. The second kappa shape index (κ2) is 8.48. The molecule has 1 N–H and O–H groups in total. The van der Waals surface area contributed by atoms with Crippen molar-refractivity contribution < 1.29 is 27.8 Å². The minimum absolute atomic E-state index is 0.114. The lowest BCUT2D eigenvalue weighted by Gasteiger charge is -2.35. The molecule has 1 heterocycles. The van der Waals surface area contributed by atoms with Crippen molar-refractivity contribution in [2.75, 3.05) is 19.3 Å². The zero-order valence-corrected chi connectivity index (χ0v) is 16.4. The zero-order chi connectivity index (χ0) is 19.4. The Bertz CT molecular complexity index is 732. The van der Waals surface area contributed by atoms with E-state index >= 15 is 0 Å². The summed E-state index contributed by atoms with van der Waals surface area (Å²) < 4.78 is 35.1. The fourth-order valence-electron chi connectivity index (χ4n) is 3.70. The molecule has 0 unspecified atom stereocenters. The van der Waals surface area contributed by atoms with Crippen molar-refractivity contribution in [1.29, 1.82) is 0 Å².